The van der Waals surface area contributed by atoms with Crippen LogP contribution < -0.4 is 10.1 Å². The first-order valence-corrected chi connectivity index (χ1v) is 7.80. The number of imidazole rings is 1. The average Bonchev–Trinajstić information content (AvgIpc) is 2.99. The Kier molecular flexibility index (Phi) is 5.95. The van der Waals surface area contributed by atoms with Gasteiger partial charge < -0.3 is 15.0 Å². The van der Waals surface area contributed by atoms with E-state index in [1.807, 2.05) is 12.3 Å². The van der Waals surface area contributed by atoms with Gasteiger partial charge in [0.1, 0.15) is 5.75 Å². The molecule has 0 aliphatic heterocycles. The van der Waals surface area contributed by atoms with Crippen molar-refractivity contribution in [3.05, 3.63) is 41.7 Å². The molecule has 108 valence electrons. The summed E-state index contributed by atoms with van der Waals surface area (Å²) in [7, 11) is 1.71. The van der Waals surface area contributed by atoms with Crippen molar-refractivity contribution in [1.82, 2.24) is 15.3 Å². The van der Waals surface area contributed by atoms with Gasteiger partial charge in [0.2, 0.25) is 0 Å². The molecular weight excluding hydrogens is 270 g/mol. The first kappa shape index (κ1) is 14.9. The van der Waals surface area contributed by atoms with Gasteiger partial charge in [-0.1, -0.05) is 24.8 Å². The van der Waals surface area contributed by atoms with Crippen LogP contribution in [0.2, 0.25) is 0 Å². The second-order valence-electron chi connectivity index (χ2n) is 4.51. The molecule has 5 heteroatoms. The number of thioether (sulfide) groups is 1. The minimum Gasteiger partial charge on any atom is -0.496 e. The Morgan fingerprint density at radius 3 is 3.00 bits per heavy atom. The molecule has 0 aliphatic rings. The van der Waals surface area contributed by atoms with Gasteiger partial charge in [-0.15, -0.1) is 0 Å². The van der Waals surface area contributed by atoms with Crippen LogP contribution in [0, 0.1) is 0 Å². The Labute approximate surface area is 124 Å². The van der Waals surface area contributed by atoms with E-state index in [0.717, 1.165) is 36.2 Å². The number of hydrogen-bond donors (Lipinski definition) is 2. The lowest BCUT2D eigenvalue weighted by molar-refractivity contribution is 0.411. The fraction of sp³-hybridized carbons (Fsp3) is 0.400. The van der Waals surface area contributed by atoms with Gasteiger partial charge in [-0.25, -0.2) is 4.98 Å². The van der Waals surface area contributed by atoms with Crippen LogP contribution in [0.5, 0.6) is 5.75 Å². The molecule has 0 amide bonds. The maximum absolute atomic E-state index is 5.43. The van der Waals surface area contributed by atoms with Gasteiger partial charge in [0.15, 0.2) is 5.16 Å². The quantitative estimate of drug-likeness (QED) is 0.579. The summed E-state index contributed by atoms with van der Waals surface area (Å²) in [6.07, 6.45) is 4.76. The molecule has 2 aromatic rings. The molecule has 2 N–H and O–H groups in total. The van der Waals surface area contributed by atoms with E-state index in [9.17, 15) is 0 Å². The number of rotatable bonds is 8. The first-order valence-electron chi connectivity index (χ1n) is 6.82. The molecule has 0 saturated heterocycles. The molecule has 1 heterocycles. The van der Waals surface area contributed by atoms with E-state index in [2.05, 4.69) is 34.3 Å². The zero-order valence-corrected chi connectivity index (χ0v) is 12.8. The van der Waals surface area contributed by atoms with Crippen LogP contribution in [0.4, 0.5) is 0 Å². The largest absolute Gasteiger partial charge is 0.496 e. The van der Waals surface area contributed by atoms with Crippen LogP contribution in [0.25, 0.3) is 0 Å². The summed E-state index contributed by atoms with van der Waals surface area (Å²) in [5.41, 5.74) is 2.49. The summed E-state index contributed by atoms with van der Waals surface area (Å²) >= 11 is 1.68. The minimum absolute atomic E-state index is 0.846. The number of benzene rings is 1. The normalized spacial score (nSPS) is 10.7. The summed E-state index contributed by atoms with van der Waals surface area (Å²) in [6.45, 7) is 4.12. The SMILES string of the molecule is CCCNCc1ccc(OC)c(CSc2ncc[nH]2)c1. The van der Waals surface area contributed by atoms with Crippen molar-refractivity contribution in [2.75, 3.05) is 13.7 Å². The van der Waals surface area contributed by atoms with Crippen molar-refractivity contribution in [2.24, 2.45) is 0 Å². The van der Waals surface area contributed by atoms with Crippen LogP contribution in [0.15, 0.2) is 35.7 Å². The molecule has 0 saturated carbocycles. The number of aromatic nitrogens is 2. The molecule has 1 aromatic carbocycles. The number of ether oxygens (including phenoxy) is 1. The lowest BCUT2D eigenvalue weighted by atomic mass is 10.1. The van der Waals surface area contributed by atoms with Crippen LogP contribution in [-0.2, 0) is 12.3 Å². The Balaban J connectivity index is 2.02. The molecule has 0 unspecified atom stereocenters. The van der Waals surface area contributed by atoms with Crippen molar-refractivity contribution in [3.63, 3.8) is 0 Å². The van der Waals surface area contributed by atoms with Crippen LogP contribution in [0.3, 0.4) is 0 Å². The van der Waals surface area contributed by atoms with E-state index >= 15 is 0 Å². The van der Waals surface area contributed by atoms with Gasteiger partial charge in [-0.3, -0.25) is 0 Å². The molecule has 1 aromatic heterocycles. The summed E-state index contributed by atoms with van der Waals surface area (Å²) in [4.78, 5) is 7.32. The predicted octanol–water partition coefficient (Wildman–Crippen LogP) is 3.21. The van der Waals surface area contributed by atoms with Gasteiger partial charge in [0.05, 0.1) is 7.11 Å². The highest BCUT2D eigenvalue weighted by Crippen LogP contribution is 2.27. The third kappa shape index (κ3) is 4.28. The molecule has 0 radical (unpaired) electrons. The number of nitrogens with one attached hydrogen (secondary N) is 2. The van der Waals surface area contributed by atoms with E-state index in [4.69, 9.17) is 4.74 Å². The van der Waals surface area contributed by atoms with E-state index < -0.39 is 0 Å². The van der Waals surface area contributed by atoms with Crippen LogP contribution >= 0.6 is 11.8 Å². The molecule has 0 aliphatic carbocycles. The van der Waals surface area contributed by atoms with Gasteiger partial charge in [-0.2, -0.15) is 0 Å². The zero-order chi connectivity index (χ0) is 14.2. The van der Waals surface area contributed by atoms with Crippen LogP contribution in [-0.4, -0.2) is 23.6 Å². The highest BCUT2D eigenvalue weighted by atomic mass is 32.2. The highest BCUT2D eigenvalue weighted by Gasteiger charge is 2.06. The van der Waals surface area contributed by atoms with Gasteiger partial charge >= 0.3 is 0 Å². The topological polar surface area (TPSA) is 49.9 Å². The number of H-pyrrole nitrogens is 1. The summed E-state index contributed by atoms with van der Waals surface area (Å²) in [6, 6.07) is 6.36. The molecule has 0 bridgehead atoms. The van der Waals surface area contributed by atoms with Crippen LogP contribution in [0.1, 0.15) is 24.5 Å². The zero-order valence-electron chi connectivity index (χ0n) is 12.0. The first-order chi connectivity index (χ1) is 9.83. The lowest BCUT2D eigenvalue weighted by Gasteiger charge is -2.10. The summed E-state index contributed by atoms with van der Waals surface area (Å²) in [5, 5.41) is 4.35. The number of nitrogens with zero attached hydrogens (tertiary/aromatic N) is 1. The number of aromatic amines is 1. The van der Waals surface area contributed by atoms with Gasteiger partial charge in [-0.05, 0) is 30.7 Å². The average molecular weight is 291 g/mol. The maximum Gasteiger partial charge on any atom is 0.165 e. The molecule has 0 spiro atoms. The number of hydrogen-bond acceptors (Lipinski definition) is 4. The molecule has 2 rings (SSSR count). The highest BCUT2D eigenvalue weighted by molar-refractivity contribution is 7.98. The molecule has 0 atom stereocenters. The lowest BCUT2D eigenvalue weighted by Crippen LogP contribution is -2.13. The molecule has 0 fully saturated rings. The Morgan fingerprint density at radius 2 is 2.30 bits per heavy atom. The van der Waals surface area contributed by atoms with Crippen molar-refractivity contribution >= 4 is 11.8 Å². The Bertz CT molecular complexity index is 514. The Morgan fingerprint density at radius 1 is 1.40 bits per heavy atom. The minimum atomic E-state index is 0.846. The van der Waals surface area contributed by atoms with Crippen molar-refractivity contribution in [2.45, 2.75) is 30.8 Å². The third-order valence-corrected chi connectivity index (χ3v) is 3.89. The second kappa shape index (κ2) is 7.97. The standard InChI is InChI=1S/C15H21N3OS/c1-3-6-16-10-12-4-5-14(19-2)13(9-12)11-20-15-17-7-8-18-15/h4-5,7-9,16H,3,6,10-11H2,1-2H3,(H,17,18). The van der Waals surface area contributed by atoms with E-state index in [1.54, 1.807) is 25.1 Å². The fourth-order valence-electron chi connectivity index (χ4n) is 1.94. The van der Waals surface area contributed by atoms with E-state index in [-0.39, 0.29) is 0 Å². The molecule has 4 nitrogen and oxygen atoms in total. The van der Waals surface area contributed by atoms with E-state index in [0.29, 0.717) is 0 Å². The van der Waals surface area contributed by atoms with Gasteiger partial charge in [0, 0.05) is 30.3 Å². The maximum atomic E-state index is 5.43. The van der Waals surface area contributed by atoms with Crippen molar-refractivity contribution in [1.29, 1.82) is 0 Å². The van der Waals surface area contributed by atoms with E-state index in [1.165, 1.54) is 11.1 Å². The molecular formula is C15H21N3OS. The number of methoxy groups -OCH3 is 1. The smallest absolute Gasteiger partial charge is 0.165 e. The van der Waals surface area contributed by atoms with Gasteiger partial charge in [0.25, 0.3) is 0 Å². The summed E-state index contributed by atoms with van der Waals surface area (Å²) in [5.74, 6) is 1.78. The molecule has 20 heavy (non-hydrogen) atoms. The van der Waals surface area contributed by atoms with Crippen molar-refractivity contribution in [3.8, 4) is 5.75 Å². The summed E-state index contributed by atoms with van der Waals surface area (Å²) < 4.78 is 5.43. The predicted molar refractivity (Wildman–Crippen MR) is 83.1 cm³/mol. The monoisotopic (exact) mass is 291 g/mol. The second-order valence-corrected chi connectivity index (χ2v) is 5.47. The van der Waals surface area contributed by atoms with Crippen molar-refractivity contribution < 1.29 is 4.74 Å². The Hall–Kier alpha value is -1.46. The fourth-order valence-corrected chi connectivity index (χ4v) is 2.74. The third-order valence-electron chi connectivity index (χ3n) is 2.94.